The number of para-hydroxylation sites is 2. The van der Waals surface area contributed by atoms with E-state index in [0.29, 0.717) is 22.6 Å². The molecule has 8 heteroatoms. The Morgan fingerprint density at radius 1 is 0.714 bits per heavy atom. The van der Waals surface area contributed by atoms with Gasteiger partial charge in [0.15, 0.2) is 5.52 Å². The van der Waals surface area contributed by atoms with Crippen molar-refractivity contribution in [1.82, 2.24) is 19.1 Å². The number of hydrogen-bond donors (Lipinski definition) is 0. The number of amides is 1. The summed E-state index contributed by atoms with van der Waals surface area (Å²) in [6.45, 7) is -0.312. The molecule has 3 aromatic heterocycles. The standard InChI is InChI=1S/C27H21N5O3/c33-24(32(21-11-3-1-4-12-21)22-13-5-2-6-14-22)19-30-23-15-9-17-29-25(23)26(34)31(27(30)35)18-20-10-7-8-16-28-20/h1-17H,18-19H2. The Balaban J connectivity index is 1.63. The summed E-state index contributed by atoms with van der Waals surface area (Å²) in [5, 5.41) is 0. The van der Waals surface area contributed by atoms with Gasteiger partial charge in [-0.3, -0.25) is 28.6 Å². The van der Waals surface area contributed by atoms with E-state index in [9.17, 15) is 14.4 Å². The van der Waals surface area contributed by atoms with Crippen LogP contribution in [0, 0.1) is 0 Å². The van der Waals surface area contributed by atoms with E-state index in [1.807, 2.05) is 60.7 Å². The summed E-state index contributed by atoms with van der Waals surface area (Å²) in [4.78, 5) is 50.4. The Hall–Kier alpha value is -4.85. The maximum Gasteiger partial charge on any atom is 0.332 e. The zero-order valence-electron chi connectivity index (χ0n) is 18.7. The highest BCUT2D eigenvalue weighted by Gasteiger charge is 2.22. The van der Waals surface area contributed by atoms with Crippen LogP contribution in [0.2, 0.25) is 0 Å². The number of rotatable bonds is 6. The molecule has 0 N–H and O–H groups in total. The van der Waals surface area contributed by atoms with Gasteiger partial charge in [0.05, 0.1) is 17.8 Å². The maximum absolute atomic E-state index is 13.7. The van der Waals surface area contributed by atoms with Gasteiger partial charge in [0.25, 0.3) is 11.5 Å². The third-order valence-corrected chi connectivity index (χ3v) is 5.60. The lowest BCUT2D eigenvalue weighted by Crippen LogP contribution is -2.43. The lowest BCUT2D eigenvalue weighted by atomic mass is 10.2. The lowest BCUT2D eigenvalue weighted by Gasteiger charge is -2.24. The summed E-state index contributed by atoms with van der Waals surface area (Å²) in [5.41, 5.74) is 1.17. The summed E-state index contributed by atoms with van der Waals surface area (Å²) in [7, 11) is 0. The van der Waals surface area contributed by atoms with Gasteiger partial charge < -0.3 is 0 Å². The molecule has 1 amide bonds. The monoisotopic (exact) mass is 463 g/mol. The van der Waals surface area contributed by atoms with Crippen LogP contribution in [0.25, 0.3) is 11.0 Å². The van der Waals surface area contributed by atoms with Crippen LogP contribution in [0.4, 0.5) is 11.4 Å². The molecular formula is C27H21N5O3. The number of carbonyl (C=O) groups is 1. The van der Waals surface area contributed by atoms with E-state index in [1.165, 1.54) is 10.8 Å². The predicted octanol–water partition coefficient (Wildman–Crippen LogP) is 3.37. The highest BCUT2D eigenvalue weighted by Crippen LogP contribution is 2.25. The largest absolute Gasteiger partial charge is 0.332 e. The molecule has 0 saturated heterocycles. The molecule has 0 bridgehead atoms. The lowest BCUT2D eigenvalue weighted by molar-refractivity contribution is -0.118. The van der Waals surface area contributed by atoms with E-state index in [-0.39, 0.29) is 24.5 Å². The second-order valence-corrected chi connectivity index (χ2v) is 7.85. The van der Waals surface area contributed by atoms with Gasteiger partial charge in [0, 0.05) is 23.8 Å². The van der Waals surface area contributed by atoms with Gasteiger partial charge in [-0.25, -0.2) is 9.78 Å². The molecule has 5 rings (SSSR count). The normalized spacial score (nSPS) is 10.9. The van der Waals surface area contributed by atoms with Crippen molar-refractivity contribution in [1.29, 1.82) is 0 Å². The van der Waals surface area contributed by atoms with Gasteiger partial charge in [0.1, 0.15) is 6.54 Å². The Kier molecular flexibility index (Phi) is 6.00. The number of fused-ring (bicyclic) bond motifs is 1. The van der Waals surface area contributed by atoms with Crippen molar-refractivity contribution in [2.45, 2.75) is 13.1 Å². The summed E-state index contributed by atoms with van der Waals surface area (Å²) < 4.78 is 2.37. The van der Waals surface area contributed by atoms with E-state index in [0.717, 1.165) is 4.57 Å². The molecule has 3 heterocycles. The third-order valence-electron chi connectivity index (χ3n) is 5.60. The van der Waals surface area contributed by atoms with Crippen molar-refractivity contribution in [3.63, 3.8) is 0 Å². The molecule has 0 aliphatic heterocycles. The molecule has 172 valence electrons. The molecule has 0 atom stereocenters. The second kappa shape index (κ2) is 9.56. The highest BCUT2D eigenvalue weighted by molar-refractivity contribution is 6.00. The molecule has 8 nitrogen and oxygen atoms in total. The third kappa shape index (κ3) is 4.37. The Morgan fingerprint density at radius 3 is 1.97 bits per heavy atom. The van der Waals surface area contributed by atoms with Crippen LogP contribution in [-0.4, -0.2) is 25.0 Å². The van der Waals surface area contributed by atoms with Crippen molar-refractivity contribution in [3.05, 3.63) is 130 Å². The Bertz CT molecular complexity index is 1560. The fourth-order valence-electron chi connectivity index (χ4n) is 3.99. The molecule has 0 spiro atoms. The second-order valence-electron chi connectivity index (χ2n) is 7.85. The van der Waals surface area contributed by atoms with Crippen LogP contribution in [0.1, 0.15) is 5.69 Å². The predicted molar refractivity (Wildman–Crippen MR) is 134 cm³/mol. The van der Waals surface area contributed by atoms with Gasteiger partial charge in [0.2, 0.25) is 0 Å². The first-order valence-corrected chi connectivity index (χ1v) is 11.0. The van der Waals surface area contributed by atoms with E-state index in [4.69, 9.17) is 0 Å². The molecule has 2 aromatic carbocycles. The summed E-state index contributed by atoms with van der Waals surface area (Å²) >= 11 is 0. The minimum absolute atomic E-state index is 0.0275. The molecule has 0 aliphatic rings. The number of carbonyl (C=O) groups excluding carboxylic acids is 1. The van der Waals surface area contributed by atoms with E-state index in [1.54, 1.807) is 41.4 Å². The van der Waals surface area contributed by atoms with Gasteiger partial charge in [-0.15, -0.1) is 0 Å². The Labute approximate surface area is 200 Å². The van der Waals surface area contributed by atoms with Crippen LogP contribution in [0.5, 0.6) is 0 Å². The molecule has 5 aromatic rings. The fourth-order valence-corrected chi connectivity index (χ4v) is 3.99. The van der Waals surface area contributed by atoms with Crippen molar-refractivity contribution >= 4 is 28.3 Å². The summed E-state index contributed by atoms with van der Waals surface area (Å²) in [6.07, 6.45) is 3.09. The molecule has 35 heavy (non-hydrogen) atoms. The van der Waals surface area contributed by atoms with Crippen LogP contribution in [0.15, 0.2) is 113 Å². The summed E-state index contributed by atoms with van der Waals surface area (Å²) in [5.74, 6) is -0.335. The molecular weight excluding hydrogens is 442 g/mol. The van der Waals surface area contributed by atoms with Crippen LogP contribution < -0.4 is 16.1 Å². The van der Waals surface area contributed by atoms with Crippen LogP contribution in [-0.2, 0) is 17.9 Å². The van der Waals surface area contributed by atoms with Crippen LogP contribution in [0.3, 0.4) is 0 Å². The molecule has 0 unspecified atom stereocenters. The quantitative estimate of drug-likeness (QED) is 0.385. The zero-order valence-corrected chi connectivity index (χ0v) is 18.7. The van der Waals surface area contributed by atoms with Crippen molar-refractivity contribution in [2.75, 3.05) is 4.90 Å². The zero-order chi connectivity index (χ0) is 24.2. The van der Waals surface area contributed by atoms with E-state index < -0.39 is 11.2 Å². The average molecular weight is 463 g/mol. The van der Waals surface area contributed by atoms with Crippen molar-refractivity contribution < 1.29 is 4.79 Å². The first-order chi connectivity index (χ1) is 17.1. The highest BCUT2D eigenvalue weighted by atomic mass is 16.2. The minimum Gasteiger partial charge on any atom is -0.282 e. The maximum atomic E-state index is 13.7. The van der Waals surface area contributed by atoms with Crippen LogP contribution >= 0.6 is 0 Å². The van der Waals surface area contributed by atoms with E-state index >= 15 is 0 Å². The van der Waals surface area contributed by atoms with Gasteiger partial charge in [-0.1, -0.05) is 42.5 Å². The number of benzene rings is 2. The average Bonchev–Trinajstić information content (AvgIpc) is 2.91. The molecule has 0 aliphatic carbocycles. The number of aromatic nitrogens is 4. The van der Waals surface area contributed by atoms with E-state index in [2.05, 4.69) is 9.97 Å². The number of pyridine rings is 2. The first kappa shape index (κ1) is 22.0. The number of nitrogens with zero attached hydrogens (tertiary/aromatic N) is 5. The first-order valence-electron chi connectivity index (χ1n) is 11.0. The fraction of sp³-hybridized carbons (Fsp3) is 0.0741. The molecule has 0 radical (unpaired) electrons. The number of anilines is 2. The molecule has 0 saturated carbocycles. The van der Waals surface area contributed by atoms with Gasteiger partial charge in [-0.05, 0) is 48.5 Å². The SMILES string of the molecule is O=C(Cn1c(=O)n(Cc2ccccn2)c(=O)c2ncccc21)N(c1ccccc1)c1ccccc1. The number of hydrogen-bond acceptors (Lipinski definition) is 5. The van der Waals surface area contributed by atoms with Gasteiger partial charge in [-0.2, -0.15) is 0 Å². The van der Waals surface area contributed by atoms with Crippen molar-refractivity contribution in [3.8, 4) is 0 Å². The summed E-state index contributed by atoms with van der Waals surface area (Å²) in [6, 6.07) is 27.0. The minimum atomic E-state index is -0.601. The molecule has 0 fully saturated rings. The Morgan fingerprint density at radius 2 is 1.34 bits per heavy atom. The smallest absolute Gasteiger partial charge is 0.282 e. The van der Waals surface area contributed by atoms with Gasteiger partial charge >= 0.3 is 5.69 Å². The topological polar surface area (TPSA) is 90.1 Å². The van der Waals surface area contributed by atoms with Crippen molar-refractivity contribution in [2.24, 2.45) is 0 Å².